The molecule has 1 amide bonds. The summed E-state index contributed by atoms with van der Waals surface area (Å²) in [4.78, 5) is 17.0. The Hall–Kier alpha value is -2.12. The molecule has 26 heavy (non-hydrogen) atoms. The van der Waals surface area contributed by atoms with E-state index < -0.39 is 9.84 Å². The summed E-state index contributed by atoms with van der Waals surface area (Å²) in [6.07, 6.45) is 1.84. The van der Waals surface area contributed by atoms with Crippen LogP contribution in [0.2, 0.25) is 0 Å². The van der Waals surface area contributed by atoms with E-state index >= 15 is 0 Å². The number of amides is 1. The number of carbonyl (C=O) groups excluding carboxylic acids is 1. The van der Waals surface area contributed by atoms with Crippen molar-refractivity contribution < 1.29 is 13.2 Å². The van der Waals surface area contributed by atoms with Crippen molar-refractivity contribution in [3.05, 3.63) is 59.9 Å². The number of benzene rings is 1. The molecule has 1 aromatic heterocycles. The number of hydrogen-bond acceptors (Lipinski definition) is 4. The molecule has 0 spiro atoms. The second kappa shape index (κ2) is 6.55. The molecule has 0 N–H and O–H groups in total. The van der Waals surface area contributed by atoms with Gasteiger partial charge >= 0.3 is 0 Å². The number of hydrogen-bond donors (Lipinski definition) is 0. The van der Waals surface area contributed by atoms with Crippen molar-refractivity contribution in [3.8, 4) is 0 Å². The lowest BCUT2D eigenvalue weighted by atomic mass is 10.0. The second-order valence-corrected chi connectivity index (χ2v) is 9.32. The van der Waals surface area contributed by atoms with Crippen LogP contribution in [0.15, 0.2) is 48.7 Å². The molecule has 0 bridgehead atoms. The van der Waals surface area contributed by atoms with Crippen LogP contribution in [-0.2, 0) is 23.4 Å². The van der Waals surface area contributed by atoms with Gasteiger partial charge in [0.25, 0.3) is 5.91 Å². The molecule has 2 saturated heterocycles. The second-order valence-electron chi connectivity index (χ2n) is 7.17. The molecule has 0 saturated carbocycles. The third-order valence-electron chi connectivity index (χ3n) is 5.44. The zero-order valence-electron chi connectivity index (χ0n) is 14.8. The van der Waals surface area contributed by atoms with Crippen LogP contribution in [0, 0.1) is 0 Å². The first-order valence-corrected chi connectivity index (χ1v) is 10.7. The summed E-state index contributed by atoms with van der Waals surface area (Å²) in [5, 5.41) is 0. The third kappa shape index (κ3) is 3.17. The van der Waals surface area contributed by atoms with Crippen molar-refractivity contribution in [3.63, 3.8) is 0 Å². The average molecular weight is 373 g/mol. The van der Waals surface area contributed by atoms with Crippen LogP contribution in [0.5, 0.6) is 0 Å². The van der Waals surface area contributed by atoms with E-state index in [4.69, 9.17) is 0 Å². The van der Waals surface area contributed by atoms with E-state index in [0.717, 1.165) is 5.56 Å². The summed E-state index contributed by atoms with van der Waals surface area (Å²) < 4.78 is 26.5. The summed E-state index contributed by atoms with van der Waals surface area (Å²) >= 11 is 0. The summed E-state index contributed by atoms with van der Waals surface area (Å²) in [5.41, 5.74) is 1.77. The Labute approximate surface area is 153 Å². The minimum absolute atomic E-state index is 0.0547. The molecule has 0 aliphatic carbocycles. The molecule has 138 valence electrons. The minimum atomic E-state index is -3.14. The van der Waals surface area contributed by atoms with Gasteiger partial charge in [-0.05, 0) is 17.7 Å². The van der Waals surface area contributed by atoms with E-state index in [1.54, 1.807) is 15.5 Å². The molecular weight excluding hydrogens is 350 g/mol. The molecule has 2 unspecified atom stereocenters. The van der Waals surface area contributed by atoms with E-state index in [9.17, 15) is 13.2 Å². The van der Waals surface area contributed by atoms with Gasteiger partial charge in [0, 0.05) is 38.9 Å². The molecule has 2 atom stereocenters. The molecule has 7 heteroatoms. The maximum absolute atomic E-state index is 13.0. The molecule has 3 heterocycles. The first-order chi connectivity index (χ1) is 12.4. The van der Waals surface area contributed by atoms with Crippen LogP contribution in [0.4, 0.5) is 0 Å². The van der Waals surface area contributed by atoms with Gasteiger partial charge in [-0.15, -0.1) is 0 Å². The molecule has 2 fully saturated rings. The van der Waals surface area contributed by atoms with Gasteiger partial charge in [0.1, 0.15) is 5.69 Å². The van der Waals surface area contributed by atoms with Crippen molar-refractivity contribution >= 4 is 15.7 Å². The molecule has 2 aromatic rings. The monoisotopic (exact) mass is 373 g/mol. The molecule has 2 aliphatic heterocycles. The molecular formula is C19H23N3O3S. The van der Waals surface area contributed by atoms with Gasteiger partial charge in [-0.3, -0.25) is 9.69 Å². The highest BCUT2D eigenvalue weighted by Gasteiger charge is 2.48. The number of aromatic nitrogens is 1. The van der Waals surface area contributed by atoms with Crippen LogP contribution in [-0.4, -0.2) is 65.4 Å². The number of piperazine rings is 1. The van der Waals surface area contributed by atoms with Crippen LogP contribution in [0.25, 0.3) is 0 Å². The van der Waals surface area contributed by atoms with Crippen molar-refractivity contribution in [2.24, 2.45) is 7.05 Å². The van der Waals surface area contributed by atoms with E-state index in [-0.39, 0.29) is 29.5 Å². The number of aryl methyl sites for hydroxylation is 1. The van der Waals surface area contributed by atoms with Crippen molar-refractivity contribution in [2.45, 2.75) is 18.6 Å². The van der Waals surface area contributed by atoms with Crippen LogP contribution in [0.1, 0.15) is 16.1 Å². The predicted molar refractivity (Wildman–Crippen MR) is 99.5 cm³/mol. The van der Waals surface area contributed by atoms with E-state index in [1.807, 2.05) is 37.5 Å². The Kier molecular flexibility index (Phi) is 4.36. The fourth-order valence-corrected chi connectivity index (χ4v) is 6.13. The molecule has 6 nitrogen and oxygen atoms in total. The number of sulfone groups is 1. The SMILES string of the molecule is Cn1cccc1C(=O)N1CCN(Cc2ccccc2)C2CS(=O)(=O)CC21. The maximum Gasteiger partial charge on any atom is 0.270 e. The maximum atomic E-state index is 13.0. The van der Waals surface area contributed by atoms with Crippen molar-refractivity contribution in [1.82, 2.24) is 14.4 Å². The predicted octanol–water partition coefficient (Wildman–Crippen LogP) is 1.15. The summed E-state index contributed by atoms with van der Waals surface area (Å²) in [7, 11) is -1.31. The Balaban J connectivity index is 1.60. The van der Waals surface area contributed by atoms with Crippen LogP contribution >= 0.6 is 0 Å². The molecule has 2 aliphatic rings. The average Bonchev–Trinajstić information content (AvgIpc) is 3.17. The smallest absolute Gasteiger partial charge is 0.270 e. The van der Waals surface area contributed by atoms with Crippen molar-refractivity contribution in [1.29, 1.82) is 0 Å². The van der Waals surface area contributed by atoms with Gasteiger partial charge in [-0.1, -0.05) is 30.3 Å². The largest absolute Gasteiger partial charge is 0.347 e. The highest BCUT2D eigenvalue weighted by atomic mass is 32.2. The first kappa shape index (κ1) is 17.3. The van der Waals surface area contributed by atoms with E-state index in [1.165, 1.54) is 0 Å². The van der Waals surface area contributed by atoms with Crippen molar-refractivity contribution in [2.75, 3.05) is 24.6 Å². The molecule has 0 radical (unpaired) electrons. The van der Waals surface area contributed by atoms with Gasteiger partial charge in [0.05, 0.1) is 17.5 Å². The van der Waals surface area contributed by atoms with Gasteiger partial charge in [-0.2, -0.15) is 0 Å². The fourth-order valence-electron chi connectivity index (χ4n) is 4.12. The summed E-state index contributed by atoms with van der Waals surface area (Å²) in [5.74, 6) is 0.101. The Morgan fingerprint density at radius 1 is 1.04 bits per heavy atom. The quantitative estimate of drug-likeness (QED) is 0.810. The summed E-state index contributed by atoms with van der Waals surface area (Å²) in [6.45, 7) is 1.94. The number of carbonyl (C=O) groups is 1. The highest BCUT2D eigenvalue weighted by Crippen LogP contribution is 2.29. The van der Waals surface area contributed by atoms with E-state index in [0.29, 0.717) is 25.3 Å². The van der Waals surface area contributed by atoms with Gasteiger partial charge in [-0.25, -0.2) is 8.42 Å². The highest BCUT2D eigenvalue weighted by molar-refractivity contribution is 7.91. The molecule has 1 aromatic carbocycles. The zero-order valence-corrected chi connectivity index (χ0v) is 15.6. The molecule has 4 rings (SSSR count). The zero-order chi connectivity index (χ0) is 18.3. The summed E-state index contributed by atoms with van der Waals surface area (Å²) in [6, 6.07) is 13.3. The van der Waals surface area contributed by atoms with Gasteiger partial charge in [0.2, 0.25) is 0 Å². The van der Waals surface area contributed by atoms with Gasteiger partial charge < -0.3 is 9.47 Å². The first-order valence-electron chi connectivity index (χ1n) is 8.85. The fraction of sp³-hybridized carbons (Fsp3) is 0.421. The van der Waals surface area contributed by atoms with Crippen LogP contribution < -0.4 is 0 Å². The van der Waals surface area contributed by atoms with Gasteiger partial charge in [0.15, 0.2) is 9.84 Å². The Morgan fingerprint density at radius 3 is 2.46 bits per heavy atom. The Bertz CT molecular complexity index is 907. The number of rotatable bonds is 3. The minimum Gasteiger partial charge on any atom is -0.347 e. The number of nitrogens with zero attached hydrogens (tertiary/aromatic N) is 3. The van der Waals surface area contributed by atoms with E-state index in [2.05, 4.69) is 17.0 Å². The Morgan fingerprint density at radius 2 is 1.77 bits per heavy atom. The topological polar surface area (TPSA) is 62.6 Å². The number of fused-ring (bicyclic) bond motifs is 1. The lowest BCUT2D eigenvalue weighted by molar-refractivity contribution is 0.0299. The lowest BCUT2D eigenvalue weighted by Gasteiger charge is -2.44. The standard InChI is InChI=1S/C19H23N3O3S/c1-20-9-5-8-16(20)19(23)22-11-10-21(12-15-6-3-2-4-7-15)17-13-26(24,25)14-18(17)22/h2-9,17-18H,10-14H2,1H3. The lowest BCUT2D eigenvalue weighted by Crippen LogP contribution is -2.60. The van der Waals surface area contributed by atoms with Crippen LogP contribution in [0.3, 0.4) is 0 Å². The normalized spacial score (nSPS) is 25.2. The third-order valence-corrected chi connectivity index (χ3v) is 7.14.